The Labute approximate surface area is 98.7 Å². The summed E-state index contributed by atoms with van der Waals surface area (Å²) < 4.78 is 4.77. The summed E-state index contributed by atoms with van der Waals surface area (Å²) in [5.41, 5.74) is 6.14. The number of rotatable bonds is 5. The van der Waals surface area contributed by atoms with Crippen LogP contribution in [-0.2, 0) is 9.53 Å². The number of carbonyl (C=O) groups is 1. The van der Waals surface area contributed by atoms with Gasteiger partial charge in [0.1, 0.15) is 0 Å². The summed E-state index contributed by atoms with van der Waals surface area (Å²) in [7, 11) is 1.46. The Morgan fingerprint density at radius 1 is 1.38 bits per heavy atom. The Morgan fingerprint density at radius 2 is 2.00 bits per heavy atom. The molecule has 0 spiro atoms. The fourth-order valence-corrected chi connectivity index (χ4v) is 2.81. The lowest BCUT2D eigenvalue weighted by Crippen LogP contribution is -2.37. The largest absolute Gasteiger partial charge is 0.469 e. The molecule has 3 nitrogen and oxygen atoms in total. The summed E-state index contributed by atoms with van der Waals surface area (Å²) in [6.07, 6.45) is 7.82. The van der Waals surface area contributed by atoms with Crippen molar-refractivity contribution in [1.82, 2.24) is 0 Å². The lowest BCUT2D eigenvalue weighted by molar-refractivity contribution is -0.142. The zero-order valence-corrected chi connectivity index (χ0v) is 10.6. The van der Waals surface area contributed by atoms with E-state index in [1.807, 2.05) is 0 Å². The summed E-state index contributed by atoms with van der Waals surface area (Å²) >= 11 is 0. The third kappa shape index (κ3) is 3.78. The van der Waals surface area contributed by atoms with Gasteiger partial charge in [0.2, 0.25) is 0 Å². The lowest BCUT2D eigenvalue weighted by Gasteiger charge is -2.33. The van der Waals surface area contributed by atoms with Crippen molar-refractivity contribution < 1.29 is 9.53 Å². The molecule has 1 saturated carbocycles. The predicted molar refractivity (Wildman–Crippen MR) is 65.0 cm³/mol. The third-order valence-corrected chi connectivity index (χ3v) is 3.91. The summed E-state index contributed by atoms with van der Waals surface area (Å²) in [5, 5.41) is 0. The van der Waals surface area contributed by atoms with Crippen LogP contribution in [0.5, 0.6) is 0 Å². The fourth-order valence-electron chi connectivity index (χ4n) is 2.81. The molecule has 0 aromatic heterocycles. The van der Waals surface area contributed by atoms with Gasteiger partial charge in [-0.2, -0.15) is 0 Å². The van der Waals surface area contributed by atoms with Gasteiger partial charge in [0.05, 0.1) is 13.5 Å². The molecule has 1 fully saturated rings. The van der Waals surface area contributed by atoms with Crippen LogP contribution in [0.1, 0.15) is 51.9 Å². The molecular formula is C13H25NO2. The average Bonchev–Trinajstić information content (AvgIpc) is 2.35. The van der Waals surface area contributed by atoms with Crippen molar-refractivity contribution in [3.05, 3.63) is 0 Å². The van der Waals surface area contributed by atoms with Crippen LogP contribution in [-0.4, -0.2) is 19.1 Å². The van der Waals surface area contributed by atoms with Crippen molar-refractivity contribution in [2.24, 2.45) is 17.6 Å². The van der Waals surface area contributed by atoms with Gasteiger partial charge < -0.3 is 10.5 Å². The molecule has 2 N–H and O–H groups in total. The van der Waals surface area contributed by atoms with E-state index in [0.717, 1.165) is 6.42 Å². The Balaban J connectivity index is 2.57. The highest BCUT2D eigenvalue weighted by molar-refractivity contribution is 5.69. The van der Waals surface area contributed by atoms with Gasteiger partial charge in [-0.15, -0.1) is 0 Å². The molecule has 0 saturated heterocycles. The maximum atomic E-state index is 11.4. The van der Waals surface area contributed by atoms with Crippen LogP contribution >= 0.6 is 0 Å². The topological polar surface area (TPSA) is 52.3 Å². The van der Waals surface area contributed by atoms with E-state index in [2.05, 4.69) is 6.92 Å². The Kier molecular flexibility index (Phi) is 5.81. The Bertz CT molecular complexity index is 212. The maximum absolute atomic E-state index is 11.4. The molecule has 0 heterocycles. The van der Waals surface area contributed by atoms with Crippen molar-refractivity contribution in [3.63, 3.8) is 0 Å². The van der Waals surface area contributed by atoms with E-state index in [-0.39, 0.29) is 12.0 Å². The third-order valence-electron chi connectivity index (χ3n) is 3.91. The van der Waals surface area contributed by atoms with Crippen molar-refractivity contribution in [3.8, 4) is 0 Å². The predicted octanol–water partition coefficient (Wildman–Crippen LogP) is 2.48. The Hall–Kier alpha value is -0.570. The molecule has 2 unspecified atom stereocenters. The molecule has 1 rings (SSSR count). The van der Waals surface area contributed by atoms with E-state index in [9.17, 15) is 4.79 Å². The first-order valence-corrected chi connectivity index (χ1v) is 6.51. The quantitative estimate of drug-likeness (QED) is 0.734. The van der Waals surface area contributed by atoms with E-state index >= 15 is 0 Å². The van der Waals surface area contributed by atoms with Crippen LogP contribution in [0.2, 0.25) is 0 Å². The van der Waals surface area contributed by atoms with Gasteiger partial charge in [-0.25, -0.2) is 0 Å². The van der Waals surface area contributed by atoms with Gasteiger partial charge in [0.15, 0.2) is 0 Å². The van der Waals surface area contributed by atoms with Crippen LogP contribution in [0.25, 0.3) is 0 Å². The van der Waals surface area contributed by atoms with Crippen molar-refractivity contribution >= 4 is 5.97 Å². The standard InChI is InChI=1S/C13H25NO2/c1-3-12(14)11(9-13(15)16-2)10-7-5-4-6-8-10/h10-12H,3-9,14H2,1-2H3. The molecule has 1 aliphatic rings. The van der Waals surface area contributed by atoms with Gasteiger partial charge in [0.25, 0.3) is 0 Å². The maximum Gasteiger partial charge on any atom is 0.305 e. The number of carbonyl (C=O) groups excluding carboxylic acids is 1. The summed E-state index contributed by atoms with van der Waals surface area (Å²) in [4.78, 5) is 11.4. The Morgan fingerprint density at radius 3 is 2.50 bits per heavy atom. The molecule has 1 aliphatic carbocycles. The molecule has 16 heavy (non-hydrogen) atoms. The first kappa shape index (κ1) is 13.5. The van der Waals surface area contributed by atoms with E-state index in [0.29, 0.717) is 18.3 Å². The molecular weight excluding hydrogens is 202 g/mol. The average molecular weight is 227 g/mol. The van der Waals surface area contributed by atoms with E-state index in [4.69, 9.17) is 10.5 Å². The second-order valence-corrected chi connectivity index (χ2v) is 4.91. The molecule has 0 amide bonds. The van der Waals surface area contributed by atoms with E-state index in [1.165, 1.54) is 39.2 Å². The lowest BCUT2D eigenvalue weighted by atomic mass is 9.75. The van der Waals surface area contributed by atoms with Crippen LogP contribution in [0.15, 0.2) is 0 Å². The van der Waals surface area contributed by atoms with Crippen LogP contribution in [0, 0.1) is 11.8 Å². The van der Waals surface area contributed by atoms with E-state index < -0.39 is 0 Å². The highest BCUT2D eigenvalue weighted by atomic mass is 16.5. The minimum absolute atomic E-state index is 0.112. The molecule has 0 aromatic rings. The van der Waals surface area contributed by atoms with Crippen LogP contribution < -0.4 is 5.73 Å². The molecule has 2 atom stereocenters. The van der Waals surface area contributed by atoms with Crippen molar-refractivity contribution in [1.29, 1.82) is 0 Å². The van der Waals surface area contributed by atoms with Gasteiger partial charge in [-0.3, -0.25) is 4.79 Å². The smallest absolute Gasteiger partial charge is 0.305 e. The number of esters is 1. The molecule has 0 aliphatic heterocycles. The minimum atomic E-state index is -0.112. The van der Waals surface area contributed by atoms with Crippen LogP contribution in [0.4, 0.5) is 0 Å². The molecule has 0 radical (unpaired) electrons. The van der Waals surface area contributed by atoms with Crippen LogP contribution in [0.3, 0.4) is 0 Å². The molecule has 0 bridgehead atoms. The second-order valence-electron chi connectivity index (χ2n) is 4.91. The van der Waals surface area contributed by atoms with E-state index in [1.54, 1.807) is 0 Å². The first-order valence-electron chi connectivity index (χ1n) is 6.51. The summed E-state index contributed by atoms with van der Waals surface area (Å²) in [5.74, 6) is 0.833. The SMILES string of the molecule is CCC(N)C(CC(=O)OC)C1CCCCC1. The van der Waals surface area contributed by atoms with Gasteiger partial charge in [-0.05, 0) is 18.3 Å². The zero-order valence-electron chi connectivity index (χ0n) is 10.6. The second kappa shape index (κ2) is 6.89. The minimum Gasteiger partial charge on any atom is -0.469 e. The van der Waals surface area contributed by atoms with Gasteiger partial charge in [-0.1, -0.05) is 39.0 Å². The van der Waals surface area contributed by atoms with Crippen molar-refractivity contribution in [2.75, 3.05) is 7.11 Å². The highest BCUT2D eigenvalue weighted by Gasteiger charge is 2.29. The highest BCUT2D eigenvalue weighted by Crippen LogP contribution is 2.34. The number of nitrogens with two attached hydrogens (primary N) is 1. The summed E-state index contributed by atoms with van der Waals surface area (Å²) in [6.45, 7) is 2.10. The summed E-state index contributed by atoms with van der Waals surface area (Å²) in [6, 6.07) is 0.141. The molecule has 3 heteroatoms. The molecule has 94 valence electrons. The number of hydrogen-bond acceptors (Lipinski definition) is 3. The normalized spacial score (nSPS) is 21.4. The van der Waals surface area contributed by atoms with Gasteiger partial charge in [0, 0.05) is 6.04 Å². The number of methoxy groups -OCH3 is 1. The van der Waals surface area contributed by atoms with Gasteiger partial charge >= 0.3 is 5.97 Å². The number of ether oxygens (including phenoxy) is 1. The zero-order chi connectivity index (χ0) is 12.0. The molecule has 0 aromatic carbocycles. The fraction of sp³-hybridized carbons (Fsp3) is 0.923. The number of hydrogen-bond donors (Lipinski definition) is 1. The monoisotopic (exact) mass is 227 g/mol. The van der Waals surface area contributed by atoms with Crippen molar-refractivity contribution in [2.45, 2.75) is 57.9 Å². The first-order chi connectivity index (χ1) is 7.69.